The van der Waals surface area contributed by atoms with Crippen molar-refractivity contribution < 1.29 is 9.53 Å². The maximum absolute atomic E-state index is 12.8. The van der Waals surface area contributed by atoms with Crippen LogP contribution in [0.15, 0.2) is 78.9 Å². The number of cyclic esters (lactones) is 1. The van der Waals surface area contributed by atoms with Crippen molar-refractivity contribution in [1.82, 2.24) is 0 Å². The normalized spacial score (nSPS) is 19.6. The summed E-state index contributed by atoms with van der Waals surface area (Å²) in [6.45, 7) is 2.57. The summed E-state index contributed by atoms with van der Waals surface area (Å²) in [5.74, 6) is 0. The molecule has 1 aliphatic rings. The zero-order chi connectivity index (χ0) is 18.9. The molecule has 1 unspecified atom stereocenters. The Morgan fingerprint density at radius 3 is 2.33 bits per heavy atom. The summed E-state index contributed by atoms with van der Waals surface area (Å²) in [4.78, 5) is 14.5. The molecule has 0 saturated carbocycles. The highest BCUT2D eigenvalue weighted by Gasteiger charge is 2.38. The van der Waals surface area contributed by atoms with Crippen molar-refractivity contribution in [3.63, 3.8) is 0 Å². The van der Waals surface area contributed by atoms with E-state index in [0.717, 1.165) is 28.8 Å². The van der Waals surface area contributed by atoms with Crippen LogP contribution in [0, 0.1) is 0 Å². The van der Waals surface area contributed by atoms with Gasteiger partial charge in [0.1, 0.15) is 5.60 Å². The van der Waals surface area contributed by atoms with Crippen LogP contribution in [-0.4, -0.2) is 12.6 Å². The number of benzene rings is 3. The number of anilines is 1. The first-order valence-corrected chi connectivity index (χ1v) is 9.35. The number of halogens is 1. The lowest BCUT2D eigenvalue weighted by Crippen LogP contribution is -2.46. The molecule has 3 aromatic carbocycles. The van der Waals surface area contributed by atoms with Gasteiger partial charge in [0.05, 0.1) is 0 Å². The smallest absolute Gasteiger partial charge is 0.415 e. The van der Waals surface area contributed by atoms with Crippen LogP contribution >= 0.6 is 11.6 Å². The third kappa shape index (κ3) is 3.56. The van der Waals surface area contributed by atoms with Gasteiger partial charge in [-0.05, 0) is 47.9 Å². The Bertz CT molecular complexity index is 973. The van der Waals surface area contributed by atoms with Crippen molar-refractivity contribution >= 4 is 23.4 Å². The molecule has 1 atom stereocenters. The van der Waals surface area contributed by atoms with Gasteiger partial charge in [0.25, 0.3) is 0 Å². The van der Waals surface area contributed by atoms with Crippen LogP contribution in [0.5, 0.6) is 0 Å². The van der Waals surface area contributed by atoms with E-state index in [2.05, 4.69) is 0 Å². The second-order valence-corrected chi connectivity index (χ2v) is 7.36. The number of carbonyl (C=O) groups is 1. The average Bonchev–Trinajstić information content (AvgIpc) is 2.69. The first-order chi connectivity index (χ1) is 13.0. The van der Waals surface area contributed by atoms with Gasteiger partial charge in [-0.25, -0.2) is 4.79 Å². The third-order valence-electron chi connectivity index (χ3n) is 5.05. The average molecular weight is 378 g/mol. The zero-order valence-electron chi connectivity index (χ0n) is 15.1. The Morgan fingerprint density at radius 1 is 0.926 bits per heavy atom. The van der Waals surface area contributed by atoms with Crippen LogP contribution in [0.4, 0.5) is 10.5 Å². The van der Waals surface area contributed by atoms with E-state index in [1.54, 1.807) is 4.90 Å². The Balaban J connectivity index is 1.59. The molecule has 0 aromatic heterocycles. The molecule has 3 aromatic rings. The van der Waals surface area contributed by atoms with Crippen molar-refractivity contribution in [1.29, 1.82) is 0 Å². The van der Waals surface area contributed by atoms with E-state index in [9.17, 15) is 4.79 Å². The van der Waals surface area contributed by atoms with Crippen LogP contribution in [0.2, 0.25) is 5.02 Å². The molecule has 4 rings (SSSR count). The quantitative estimate of drug-likeness (QED) is 0.538. The van der Waals surface area contributed by atoms with Gasteiger partial charge < -0.3 is 4.74 Å². The van der Waals surface area contributed by atoms with Crippen LogP contribution < -0.4 is 4.90 Å². The van der Waals surface area contributed by atoms with Crippen molar-refractivity contribution in [2.24, 2.45) is 0 Å². The van der Waals surface area contributed by atoms with Gasteiger partial charge in [-0.1, -0.05) is 66.2 Å². The lowest BCUT2D eigenvalue weighted by molar-refractivity contribution is 0.00583. The first kappa shape index (κ1) is 17.6. The molecule has 1 heterocycles. The molecule has 4 heteroatoms. The Morgan fingerprint density at radius 2 is 1.63 bits per heavy atom. The summed E-state index contributed by atoms with van der Waals surface area (Å²) >= 11 is 6.11. The highest BCUT2D eigenvalue weighted by molar-refractivity contribution is 6.30. The summed E-state index contributed by atoms with van der Waals surface area (Å²) in [6.07, 6.45) is 0.403. The van der Waals surface area contributed by atoms with Gasteiger partial charge in [-0.2, -0.15) is 0 Å². The van der Waals surface area contributed by atoms with Crippen molar-refractivity contribution in [3.05, 3.63) is 89.4 Å². The maximum Gasteiger partial charge on any atom is 0.415 e. The third-order valence-corrected chi connectivity index (χ3v) is 5.28. The fraction of sp³-hybridized carbons (Fsp3) is 0.174. The van der Waals surface area contributed by atoms with Crippen LogP contribution in [-0.2, 0) is 10.3 Å². The fourth-order valence-corrected chi connectivity index (χ4v) is 3.66. The molecule has 0 bridgehead atoms. The number of hydrogen-bond acceptors (Lipinski definition) is 2. The van der Waals surface area contributed by atoms with Gasteiger partial charge in [0.15, 0.2) is 0 Å². The molecule has 0 N–H and O–H groups in total. The van der Waals surface area contributed by atoms with Crippen LogP contribution in [0.3, 0.4) is 0 Å². The molecule has 0 radical (unpaired) electrons. The highest BCUT2D eigenvalue weighted by Crippen LogP contribution is 2.36. The van der Waals surface area contributed by atoms with Gasteiger partial charge in [-0.3, -0.25) is 4.90 Å². The van der Waals surface area contributed by atoms with Gasteiger partial charge >= 0.3 is 6.09 Å². The summed E-state index contributed by atoms with van der Waals surface area (Å²) in [7, 11) is 0. The maximum atomic E-state index is 12.8. The first-order valence-electron chi connectivity index (χ1n) is 8.97. The number of ether oxygens (including phenoxy) is 1. The predicted octanol–water partition coefficient (Wildman–Crippen LogP) is 6.27. The molecule has 0 aliphatic carbocycles. The van der Waals surface area contributed by atoms with Crippen LogP contribution in [0.25, 0.3) is 11.1 Å². The predicted molar refractivity (Wildman–Crippen MR) is 109 cm³/mol. The molecule has 3 nitrogen and oxygen atoms in total. The largest absolute Gasteiger partial charge is 0.438 e. The van der Waals surface area contributed by atoms with E-state index in [-0.39, 0.29) is 6.09 Å². The highest BCUT2D eigenvalue weighted by atomic mass is 35.5. The van der Waals surface area contributed by atoms with Gasteiger partial charge in [-0.15, -0.1) is 0 Å². The Hall–Kier alpha value is -2.78. The molecule has 1 amide bonds. The van der Waals surface area contributed by atoms with E-state index in [0.29, 0.717) is 11.6 Å². The SMILES string of the molecule is CC1(c2ccccc2)CCN(c2cccc(-c3cccc(Cl)c3)c2)C(=O)O1. The molecular weight excluding hydrogens is 358 g/mol. The van der Waals surface area contributed by atoms with E-state index in [1.165, 1.54) is 0 Å². The number of amides is 1. The number of rotatable bonds is 3. The Labute approximate surface area is 164 Å². The lowest BCUT2D eigenvalue weighted by Gasteiger charge is -2.39. The second-order valence-electron chi connectivity index (χ2n) is 6.93. The zero-order valence-corrected chi connectivity index (χ0v) is 15.8. The standard InChI is InChI=1S/C23H20ClNO2/c1-23(19-9-3-2-4-10-19)13-14-25(22(26)27-23)21-12-6-8-18(16-21)17-7-5-11-20(24)15-17/h2-12,15-16H,13-14H2,1H3. The van der Waals surface area contributed by atoms with Gasteiger partial charge in [0, 0.05) is 23.7 Å². The van der Waals surface area contributed by atoms with E-state index in [4.69, 9.17) is 16.3 Å². The molecular formula is C23H20ClNO2. The van der Waals surface area contributed by atoms with E-state index in [1.807, 2.05) is 85.8 Å². The minimum absolute atomic E-state index is 0.323. The summed E-state index contributed by atoms with van der Waals surface area (Å²) in [6, 6.07) is 25.5. The van der Waals surface area contributed by atoms with Gasteiger partial charge in [0.2, 0.25) is 0 Å². The fourth-order valence-electron chi connectivity index (χ4n) is 3.47. The summed E-state index contributed by atoms with van der Waals surface area (Å²) < 4.78 is 5.86. The van der Waals surface area contributed by atoms with Crippen molar-refractivity contribution in [2.75, 3.05) is 11.4 Å². The minimum atomic E-state index is -0.598. The topological polar surface area (TPSA) is 29.5 Å². The molecule has 1 aliphatic heterocycles. The van der Waals surface area contributed by atoms with E-state index < -0.39 is 5.60 Å². The monoisotopic (exact) mass is 377 g/mol. The molecule has 27 heavy (non-hydrogen) atoms. The molecule has 1 fully saturated rings. The second kappa shape index (κ2) is 7.09. The minimum Gasteiger partial charge on any atom is -0.438 e. The lowest BCUT2D eigenvalue weighted by atomic mass is 9.91. The van der Waals surface area contributed by atoms with Crippen molar-refractivity contribution in [2.45, 2.75) is 18.9 Å². The number of carbonyl (C=O) groups excluding carboxylic acids is 1. The summed E-state index contributed by atoms with van der Waals surface area (Å²) in [5.41, 5.74) is 3.28. The van der Waals surface area contributed by atoms with E-state index >= 15 is 0 Å². The molecule has 0 spiro atoms. The number of nitrogens with zero attached hydrogens (tertiary/aromatic N) is 1. The van der Waals surface area contributed by atoms with Crippen LogP contribution in [0.1, 0.15) is 18.9 Å². The van der Waals surface area contributed by atoms with Crippen molar-refractivity contribution in [3.8, 4) is 11.1 Å². The Kier molecular flexibility index (Phi) is 4.63. The molecule has 1 saturated heterocycles. The molecule has 136 valence electrons. The number of hydrogen-bond donors (Lipinski definition) is 0. The summed E-state index contributed by atoms with van der Waals surface area (Å²) in [5, 5.41) is 0.689.